The van der Waals surface area contributed by atoms with Crippen molar-refractivity contribution in [3.05, 3.63) is 12.4 Å². The predicted molar refractivity (Wildman–Crippen MR) is 47.3 cm³/mol. The van der Waals surface area contributed by atoms with E-state index >= 15 is 0 Å². The maximum atomic E-state index is 5.13. The minimum absolute atomic E-state index is 0. The first-order valence-electron chi connectivity index (χ1n) is 3.41. The van der Waals surface area contributed by atoms with Crippen LogP contribution >= 0.6 is 12.4 Å². The van der Waals surface area contributed by atoms with Gasteiger partial charge in [0, 0.05) is 26.6 Å². The molecule has 1 aliphatic rings. The third-order valence-corrected chi connectivity index (χ3v) is 1.71. The summed E-state index contributed by atoms with van der Waals surface area (Å²) in [5.41, 5.74) is 0. The molecule has 11 heavy (non-hydrogen) atoms. The molecule has 1 rings (SSSR count). The number of methoxy groups -OCH3 is 1. The summed E-state index contributed by atoms with van der Waals surface area (Å²) >= 11 is 0. The first-order valence-corrected chi connectivity index (χ1v) is 3.41. The molecule has 0 amide bonds. The van der Waals surface area contributed by atoms with Gasteiger partial charge < -0.3 is 14.5 Å². The predicted octanol–water partition coefficient (Wildman–Crippen LogP) is 1.08. The lowest BCUT2D eigenvalue weighted by Gasteiger charge is -2.23. The van der Waals surface area contributed by atoms with E-state index in [0.29, 0.717) is 0 Å². The number of hydrogen-bond donors (Lipinski definition) is 0. The highest BCUT2D eigenvalue weighted by molar-refractivity contribution is 5.85. The van der Waals surface area contributed by atoms with Crippen molar-refractivity contribution >= 4 is 12.4 Å². The zero-order chi connectivity index (χ0) is 7.56. The lowest BCUT2D eigenvalue weighted by Crippen LogP contribution is -2.31. The standard InChI is InChI=1S/C7H14N2O.ClH/c1-7(10-3)9-5-4-8(2)6-9;/h4-5,7H,6H2,1-3H3;1H. The summed E-state index contributed by atoms with van der Waals surface area (Å²) in [5, 5.41) is 0. The first-order chi connectivity index (χ1) is 4.74. The van der Waals surface area contributed by atoms with Crippen LogP contribution in [0.1, 0.15) is 6.92 Å². The van der Waals surface area contributed by atoms with E-state index in [1.165, 1.54) is 0 Å². The van der Waals surface area contributed by atoms with Crippen LogP contribution in [-0.2, 0) is 4.74 Å². The second-order valence-electron chi connectivity index (χ2n) is 2.55. The number of nitrogens with zero attached hydrogens (tertiary/aromatic N) is 2. The molecule has 1 heterocycles. The van der Waals surface area contributed by atoms with Crippen LogP contribution in [0.3, 0.4) is 0 Å². The maximum Gasteiger partial charge on any atom is 0.127 e. The Kier molecular flexibility index (Phi) is 4.30. The van der Waals surface area contributed by atoms with Gasteiger partial charge in [0.25, 0.3) is 0 Å². The van der Waals surface area contributed by atoms with Gasteiger partial charge in [-0.1, -0.05) is 0 Å². The average Bonchev–Trinajstić information content (AvgIpc) is 2.34. The molecule has 0 aromatic rings. The van der Waals surface area contributed by atoms with E-state index in [9.17, 15) is 0 Å². The topological polar surface area (TPSA) is 15.7 Å². The van der Waals surface area contributed by atoms with Crippen molar-refractivity contribution in [1.29, 1.82) is 0 Å². The molecular formula is C7H15ClN2O. The minimum Gasteiger partial charge on any atom is -0.362 e. The molecular weight excluding hydrogens is 164 g/mol. The molecule has 3 nitrogen and oxygen atoms in total. The number of ether oxygens (including phenoxy) is 1. The van der Waals surface area contributed by atoms with Crippen molar-refractivity contribution in [3.8, 4) is 0 Å². The molecule has 1 aliphatic heterocycles. The Bertz CT molecular complexity index is 140. The Hall–Kier alpha value is -0.410. The van der Waals surface area contributed by atoms with Crippen LogP contribution in [0.25, 0.3) is 0 Å². The van der Waals surface area contributed by atoms with Gasteiger partial charge in [0.05, 0.1) is 6.67 Å². The highest BCUT2D eigenvalue weighted by Crippen LogP contribution is 2.08. The molecule has 0 aliphatic carbocycles. The molecule has 0 saturated carbocycles. The molecule has 0 spiro atoms. The quantitative estimate of drug-likeness (QED) is 0.630. The van der Waals surface area contributed by atoms with Crippen LogP contribution < -0.4 is 0 Å². The van der Waals surface area contributed by atoms with E-state index in [2.05, 4.69) is 9.80 Å². The van der Waals surface area contributed by atoms with E-state index < -0.39 is 0 Å². The Morgan fingerprint density at radius 2 is 2.09 bits per heavy atom. The number of halogens is 1. The molecule has 1 atom stereocenters. The normalized spacial score (nSPS) is 18.5. The minimum atomic E-state index is 0. The SMILES string of the molecule is COC(C)N1C=CN(C)C1.Cl. The van der Waals surface area contributed by atoms with Crippen LogP contribution in [0.2, 0.25) is 0 Å². The summed E-state index contributed by atoms with van der Waals surface area (Å²) in [5.74, 6) is 0. The van der Waals surface area contributed by atoms with E-state index in [0.717, 1.165) is 6.67 Å². The van der Waals surface area contributed by atoms with Gasteiger partial charge in [-0.2, -0.15) is 0 Å². The third-order valence-electron chi connectivity index (χ3n) is 1.71. The molecule has 0 fully saturated rings. The Labute approximate surface area is 74.0 Å². The molecule has 0 aromatic carbocycles. The maximum absolute atomic E-state index is 5.13. The van der Waals surface area contributed by atoms with E-state index in [4.69, 9.17) is 4.74 Å². The van der Waals surface area contributed by atoms with Crippen molar-refractivity contribution in [2.24, 2.45) is 0 Å². The van der Waals surface area contributed by atoms with Crippen LogP contribution in [-0.4, -0.2) is 36.9 Å². The largest absolute Gasteiger partial charge is 0.362 e. The number of hydrogen-bond acceptors (Lipinski definition) is 3. The lowest BCUT2D eigenvalue weighted by atomic mass is 10.6. The highest BCUT2D eigenvalue weighted by atomic mass is 35.5. The summed E-state index contributed by atoms with van der Waals surface area (Å²) in [7, 11) is 3.76. The van der Waals surface area contributed by atoms with Gasteiger partial charge in [0.2, 0.25) is 0 Å². The molecule has 4 heteroatoms. The molecule has 0 aromatic heterocycles. The fourth-order valence-corrected chi connectivity index (χ4v) is 0.923. The van der Waals surface area contributed by atoms with E-state index in [1.54, 1.807) is 7.11 Å². The van der Waals surface area contributed by atoms with Crippen molar-refractivity contribution in [3.63, 3.8) is 0 Å². The van der Waals surface area contributed by atoms with Gasteiger partial charge in [0.1, 0.15) is 6.23 Å². The molecule has 0 bridgehead atoms. The van der Waals surface area contributed by atoms with Crippen molar-refractivity contribution in [2.75, 3.05) is 20.8 Å². The summed E-state index contributed by atoms with van der Waals surface area (Å²) in [4.78, 5) is 4.23. The molecule has 1 unspecified atom stereocenters. The molecule has 66 valence electrons. The lowest BCUT2D eigenvalue weighted by molar-refractivity contribution is 0.00268. The second kappa shape index (κ2) is 4.46. The zero-order valence-electron chi connectivity index (χ0n) is 7.15. The van der Waals surface area contributed by atoms with Gasteiger partial charge in [-0.05, 0) is 6.92 Å². The third kappa shape index (κ3) is 2.60. The zero-order valence-corrected chi connectivity index (χ0v) is 7.97. The summed E-state index contributed by atoms with van der Waals surface area (Å²) in [6, 6.07) is 0. The Balaban J connectivity index is 0.000001000. The average molecular weight is 179 g/mol. The molecule has 0 radical (unpaired) electrons. The second-order valence-corrected chi connectivity index (χ2v) is 2.55. The van der Waals surface area contributed by atoms with Gasteiger partial charge in [-0.15, -0.1) is 12.4 Å². The van der Waals surface area contributed by atoms with Gasteiger partial charge in [-0.3, -0.25) is 0 Å². The van der Waals surface area contributed by atoms with Gasteiger partial charge >= 0.3 is 0 Å². The van der Waals surface area contributed by atoms with Crippen LogP contribution in [0.4, 0.5) is 0 Å². The fourth-order valence-electron chi connectivity index (χ4n) is 0.923. The monoisotopic (exact) mass is 178 g/mol. The Morgan fingerprint density at radius 1 is 1.45 bits per heavy atom. The van der Waals surface area contributed by atoms with Crippen LogP contribution in [0.5, 0.6) is 0 Å². The Morgan fingerprint density at radius 3 is 2.45 bits per heavy atom. The van der Waals surface area contributed by atoms with Crippen molar-refractivity contribution in [2.45, 2.75) is 13.2 Å². The molecule has 0 N–H and O–H groups in total. The smallest absolute Gasteiger partial charge is 0.127 e. The van der Waals surface area contributed by atoms with Crippen LogP contribution in [0.15, 0.2) is 12.4 Å². The first kappa shape index (κ1) is 10.6. The van der Waals surface area contributed by atoms with E-state index in [1.807, 2.05) is 26.4 Å². The summed E-state index contributed by atoms with van der Waals surface area (Å²) < 4.78 is 5.13. The van der Waals surface area contributed by atoms with Gasteiger partial charge in [0.15, 0.2) is 0 Å². The fraction of sp³-hybridized carbons (Fsp3) is 0.714. The molecule has 0 saturated heterocycles. The summed E-state index contributed by atoms with van der Waals surface area (Å²) in [6.07, 6.45) is 4.25. The van der Waals surface area contributed by atoms with E-state index in [-0.39, 0.29) is 18.6 Å². The summed E-state index contributed by atoms with van der Waals surface area (Å²) in [6.45, 7) is 2.96. The van der Waals surface area contributed by atoms with Crippen LogP contribution in [0, 0.1) is 0 Å². The van der Waals surface area contributed by atoms with Gasteiger partial charge in [-0.25, -0.2) is 0 Å². The van der Waals surface area contributed by atoms with Crippen molar-refractivity contribution < 1.29 is 4.74 Å². The highest BCUT2D eigenvalue weighted by Gasteiger charge is 2.13. The van der Waals surface area contributed by atoms with Crippen molar-refractivity contribution in [1.82, 2.24) is 9.80 Å². The number of rotatable bonds is 2.